The fourth-order valence-electron chi connectivity index (χ4n) is 11.7. The lowest BCUT2D eigenvalue weighted by atomic mass is 10.00. The Kier molecular flexibility index (Phi) is 23.4. The number of halogens is 3. The standard InChI is InChI=1S/2C25H31FN4O.C25H27FN4O.H2/c3*26-19-9-6-17(7-10-19)18-8-12-21-22(11-5-16-3-4-16)24(30-23(21)14-18)25(31)29-15-20(28)2-1-13-27;/h2*6-10,12,14,16,20,30H,1-5,11,13,15,27-28H2,(H,29,31);6-10,12,14,16,20,30H,1-4,13,15,27-28H2,(H,29,31);1H/t3*20-;/m000./s1. The highest BCUT2D eigenvalue weighted by atomic mass is 19.1. The van der Waals surface area contributed by atoms with Crippen molar-refractivity contribution in [2.24, 2.45) is 52.2 Å². The van der Waals surface area contributed by atoms with Crippen molar-refractivity contribution >= 4 is 50.4 Å². The van der Waals surface area contributed by atoms with Crippen LogP contribution in [0, 0.1) is 47.0 Å². The van der Waals surface area contributed by atoms with Gasteiger partial charge in [0.05, 0.1) is 5.56 Å². The predicted octanol–water partition coefficient (Wildman–Crippen LogP) is 12.0. The summed E-state index contributed by atoms with van der Waals surface area (Å²) in [6, 6.07) is 37.1. The van der Waals surface area contributed by atoms with Crippen LogP contribution in [0.15, 0.2) is 127 Å². The van der Waals surface area contributed by atoms with Gasteiger partial charge in [0.1, 0.15) is 34.5 Å². The van der Waals surface area contributed by atoms with E-state index in [2.05, 4.69) is 54.9 Å². The Morgan fingerprint density at radius 2 is 0.774 bits per heavy atom. The van der Waals surface area contributed by atoms with Gasteiger partial charge >= 0.3 is 0 Å². The number of benzene rings is 6. The van der Waals surface area contributed by atoms with Crippen LogP contribution in [0.4, 0.5) is 13.2 Å². The Morgan fingerprint density at radius 1 is 0.452 bits per heavy atom. The number of amides is 3. The van der Waals surface area contributed by atoms with Crippen molar-refractivity contribution in [2.75, 3.05) is 39.3 Å². The van der Waals surface area contributed by atoms with Crippen molar-refractivity contribution in [1.82, 2.24) is 30.9 Å². The molecule has 3 aromatic heterocycles. The molecule has 3 atom stereocenters. The van der Waals surface area contributed by atoms with E-state index in [1.165, 1.54) is 62.1 Å². The highest BCUT2D eigenvalue weighted by Gasteiger charge is 2.27. The van der Waals surface area contributed by atoms with Crippen molar-refractivity contribution in [2.45, 2.75) is 121 Å². The normalized spacial score (nSPS) is 14.5. The molecule has 0 spiro atoms. The summed E-state index contributed by atoms with van der Waals surface area (Å²) in [5, 5.41) is 11.9. The van der Waals surface area contributed by atoms with E-state index in [9.17, 15) is 27.6 Å². The molecule has 0 saturated heterocycles. The van der Waals surface area contributed by atoms with Crippen LogP contribution in [0.3, 0.4) is 0 Å². The van der Waals surface area contributed by atoms with Gasteiger partial charge < -0.3 is 65.3 Å². The van der Waals surface area contributed by atoms with Gasteiger partial charge in [-0.25, -0.2) is 13.2 Å². The van der Waals surface area contributed by atoms with Gasteiger partial charge in [0.2, 0.25) is 0 Å². The smallest absolute Gasteiger partial charge is 0.269 e. The molecule has 0 aliphatic heterocycles. The lowest BCUT2D eigenvalue weighted by Gasteiger charge is -2.12. The van der Waals surface area contributed by atoms with Crippen molar-refractivity contribution in [3.05, 3.63) is 179 Å². The number of nitrogens with one attached hydrogen (secondary N) is 6. The van der Waals surface area contributed by atoms with Gasteiger partial charge in [-0.15, -0.1) is 0 Å². The molecule has 15 nitrogen and oxygen atoms in total. The fraction of sp³-hybridized carbons (Fsp3) is 0.373. The van der Waals surface area contributed by atoms with E-state index in [4.69, 9.17) is 34.4 Å². The van der Waals surface area contributed by atoms with Gasteiger partial charge in [0.25, 0.3) is 17.7 Å². The van der Waals surface area contributed by atoms with Gasteiger partial charge in [-0.1, -0.05) is 110 Å². The van der Waals surface area contributed by atoms with E-state index in [1.54, 1.807) is 36.4 Å². The van der Waals surface area contributed by atoms with Crippen LogP contribution < -0.4 is 50.4 Å². The van der Waals surface area contributed by atoms with Crippen molar-refractivity contribution in [3.8, 4) is 45.2 Å². The Bertz CT molecular complexity index is 3880. The minimum atomic E-state index is -0.272. The summed E-state index contributed by atoms with van der Waals surface area (Å²) in [7, 11) is 0. The van der Waals surface area contributed by atoms with E-state index in [0.29, 0.717) is 67.8 Å². The molecule has 0 bridgehead atoms. The molecule has 3 fully saturated rings. The van der Waals surface area contributed by atoms with Crippen LogP contribution in [0.5, 0.6) is 0 Å². The first-order valence-electron chi connectivity index (χ1n) is 33.1. The highest BCUT2D eigenvalue weighted by molar-refractivity contribution is 6.05. The van der Waals surface area contributed by atoms with Crippen LogP contribution in [-0.2, 0) is 12.8 Å². The molecule has 9 aromatic rings. The average molecular weight is 1270 g/mol. The molecule has 6 aromatic carbocycles. The number of nitrogens with two attached hydrogens (primary N) is 6. The number of hydrogen-bond donors (Lipinski definition) is 12. The molecule has 3 saturated carbocycles. The van der Waals surface area contributed by atoms with Gasteiger partial charge in [-0.2, -0.15) is 0 Å². The summed E-state index contributed by atoms with van der Waals surface area (Å²) >= 11 is 0. The van der Waals surface area contributed by atoms with Gasteiger partial charge in [-0.05, 0) is 208 Å². The second kappa shape index (κ2) is 32.3. The number of aromatic amines is 3. The highest BCUT2D eigenvalue weighted by Crippen LogP contribution is 2.38. The molecule has 3 heterocycles. The van der Waals surface area contributed by atoms with Gasteiger partial charge in [0.15, 0.2) is 0 Å². The molecular formula is C75H91F3N12O3. The number of aryl methyl sites for hydroxylation is 2. The molecule has 93 heavy (non-hydrogen) atoms. The number of H-pyrrole nitrogens is 3. The molecule has 3 aliphatic carbocycles. The Morgan fingerprint density at radius 3 is 1.12 bits per heavy atom. The molecular weight excluding hydrogens is 1170 g/mol. The van der Waals surface area contributed by atoms with Crippen LogP contribution in [-0.4, -0.2) is 90.1 Å². The van der Waals surface area contributed by atoms with Crippen molar-refractivity contribution < 1.29 is 29.0 Å². The summed E-state index contributed by atoms with van der Waals surface area (Å²) in [5.41, 5.74) is 47.8. The van der Waals surface area contributed by atoms with E-state index < -0.39 is 0 Å². The second-order valence-corrected chi connectivity index (χ2v) is 25.3. The number of hydrogen-bond acceptors (Lipinski definition) is 9. The van der Waals surface area contributed by atoms with Crippen molar-refractivity contribution in [1.29, 1.82) is 0 Å². The minimum absolute atomic E-state index is 0. The Hall–Kier alpha value is -8.54. The van der Waals surface area contributed by atoms with Crippen LogP contribution in [0.2, 0.25) is 0 Å². The number of aromatic nitrogens is 3. The zero-order valence-electron chi connectivity index (χ0n) is 53.0. The predicted molar refractivity (Wildman–Crippen MR) is 371 cm³/mol. The van der Waals surface area contributed by atoms with Gasteiger partial charge in [-0.3, -0.25) is 14.4 Å². The summed E-state index contributed by atoms with van der Waals surface area (Å²) < 4.78 is 39.8. The first-order valence-corrected chi connectivity index (χ1v) is 33.1. The Labute approximate surface area is 544 Å². The average Bonchev–Trinajstić information content (AvgIpc) is 1.65. The molecule has 490 valence electrons. The third-order valence-electron chi connectivity index (χ3n) is 17.7. The van der Waals surface area contributed by atoms with E-state index in [1.807, 2.05) is 42.5 Å². The zero-order valence-corrected chi connectivity index (χ0v) is 53.0. The lowest BCUT2D eigenvalue weighted by molar-refractivity contribution is 0.0937. The molecule has 18 N–H and O–H groups in total. The summed E-state index contributed by atoms with van der Waals surface area (Å²) in [4.78, 5) is 48.9. The quantitative estimate of drug-likeness (QED) is 0.0218. The van der Waals surface area contributed by atoms with Gasteiger partial charge in [0, 0.05) is 77.8 Å². The minimum Gasteiger partial charge on any atom is -0.350 e. The molecule has 3 aliphatic rings. The summed E-state index contributed by atoms with van der Waals surface area (Å²) in [6.07, 6.45) is 16.2. The fourth-order valence-corrected chi connectivity index (χ4v) is 11.7. The number of carbonyl (C=O) groups is 3. The second-order valence-electron chi connectivity index (χ2n) is 25.3. The maximum Gasteiger partial charge on any atom is 0.269 e. The van der Waals surface area contributed by atoms with E-state index >= 15 is 0 Å². The Balaban J connectivity index is 0.000000165. The molecule has 3 amide bonds. The number of fused-ring (bicyclic) bond motifs is 3. The van der Waals surface area contributed by atoms with Crippen LogP contribution >= 0.6 is 0 Å². The van der Waals surface area contributed by atoms with Crippen LogP contribution in [0.25, 0.3) is 66.1 Å². The monoisotopic (exact) mass is 1260 g/mol. The third-order valence-corrected chi connectivity index (χ3v) is 17.7. The molecule has 0 radical (unpaired) electrons. The first-order chi connectivity index (χ1) is 45.1. The largest absolute Gasteiger partial charge is 0.350 e. The molecule has 0 unspecified atom stereocenters. The number of rotatable bonds is 27. The topological polar surface area (TPSA) is 291 Å². The zero-order chi connectivity index (χ0) is 65.4. The first kappa shape index (κ1) is 67.4. The number of carbonyl (C=O) groups excluding carboxylic acids is 3. The maximum absolute atomic E-state index is 13.3. The third kappa shape index (κ3) is 18.8. The van der Waals surface area contributed by atoms with E-state index in [0.717, 1.165) is 166 Å². The molecule has 12 rings (SSSR count). The summed E-state index contributed by atoms with van der Waals surface area (Å²) in [5.74, 6) is 7.24. The lowest BCUT2D eigenvalue weighted by Crippen LogP contribution is -2.37. The van der Waals surface area contributed by atoms with Crippen LogP contribution in [0.1, 0.15) is 139 Å². The maximum atomic E-state index is 13.3. The van der Waals surface area contributed by atoms with Crippen molar-refractivity contribution in [3.63, 3.8) is 0 Å². The SMILES string of the molecule is NCCC[C@H](N)CNC(=O)c1[nH]c2cc(-c3ccc(F)cc3)ccc2c1C#CC1CC1.NCCC[C@H](N)CNC(=O)c1[nH]c2cc(-c3ccc(F)cc3)ccc2c1CCC1CC1.NCCC[C@H](N)CNC(=O)c1[nH]c2cc(-c3ccc(F)cc3)ccc2c1CCC1CC1.[HH]. The molecule has 18 heteroatoms. The van der Waals surface area contributed by atoms with E-state index in [-0.39, 0.29) is 54.7 Å². The summed E-state index contributed by atoms with van der Waals surface area (Å²) in [6.45, 7) is 3.02.